The maximum atomic E-state index is 13.3. The van der Waals surface area contributed by atoms with Crippen molar-refractivity contribution < 1.29 is 9.59 Å². The lowest BCUT2D eigenvalue weighted by atomic mass is 9.97. The van der Waals surface area contributed by atoms with Gasteiger partial charge in [0.1, 0.15) is 0 Å². The van der Waals surface area contributed by atoms with E-state index in [1.807, 2.05) is 42.5 Å². The summed E-state index contributed by atoms with van der Waals surface area (Å²) >= 11 is 0. The van der Waals surface area contributed by atoms with E-state index in [0.29, 0.717) is 35.0 Å². The van der Waals surface area contributed by atoms with Gasteiger partial charge in [0.15, 0.2) is 0 Å². The highest BCUT2D eigenvalue weighted by molar-refractivity contribution is 6.04. The molecular formula is C29H31N5O2. The summed E-state index contributed by atoms with van der Waals surface area (Å²) in [7, 11) is 0. The standard InChI is InChI=1S/C29H31N5O2/c1-21-13-16-34(17-14-21)27-11-10-25(33-29(36)32-24-9-5-8-23(18-24)20-30)19-26(27)28(35)31-15-12-22-6-3-2-4-7-22/h2-11,18-19,21H,12-17H2,1H3,(H,31,35)(H2,32,33,36). The molecule has 184 valence electrons. The number of nitrogens with one attached hydrogen (secondary N) is 3. The highest BCUT2D eigenvalue weighted by atomic mass is 16.2. The molecule has 1 saturated heterocycles. The number of amides is 3. The van der Waals surface area contributed by atoms with Gasteiger partial charge in [0.05, 0.1) is 17.2 Å². The van der Waals surface area contributed by atoms with E-state index in [4.69, 9.17) is 5.26 Å². The van der Waals surface area contributed by atoms with Crippen molar-refractivity contribution >= 4 is 29.0 Å². The second-order valence-corrected chi connectivity index (χ2v) is 9.16. The average molecular weight is 482 g/mol. The van der Waals surface area contributed by atoms with Crippen molar-refractivity contribution in [2.45, 2.75) is 26.2 Å². The van der Waals surface area contributed by atoms with Crippen molar-refractivity contribution in [1.82, 2.24) is 5.32 Å². The first-order valence-electron chi connectivity index (χ1n) is 12.3. The van der Waals surface area contributed by atoms with E-state index in [0.717, 1.165) is 43.6 Å². The van der Waals surface area contributed by atoms with Crippen LogP contribution >= 0.6 is 0 Å². The third-order valence-corrected chi connectivity index (χ3v) is 6.41. The molecule has 0 radical (unpaired) electrons. The van der Waals surface area contributed by atoms with Crippen LogP contribution in [0.15, 0.2) is 72.8 Å². The molecule has 7 nitrogen and oxygen atoms in total. The van der Waals surface area contributed by atoms with E-state index >= 15 is 0 Å². The maximum Gasteiger partial charge on any atom is 0.323 e. The summed E-state index contributed by atoms with van der Waals surface area (Å²) in [5, 5.41) is 17.7. The smallest absolute Gasteiger partial charge is 0.323 e. The van der Waals surface area contributed by atoms with Gasteiger partial charge in [-0.05, 0) is 67.1 Å². The Morgan fingerprint density at radius 3 is 2.39 bits per heavy atom. The summed E-state index contributed by atoms with van der Waals surface area (Å²) in [6.45, 7) is 4.57. The third kappa shape index (κ3) is 6.63. The summed E-state index contributed by atoms with van der Waals surface area (Å²) in [4.78, 5) is 28.1. The fraction of sp³-hybridized carbons (Fsp3) is 0.276. The highest BCUT2D eigenvalue weighted by Crippen LogP contribution is 2.29. The Balaban J connectivity index is 1.48. The van der Waals surface area contributed by atoms with Gasteiger partial charge in [-0.3, -0.25) is 4.79 Å². The second kappa shape index (κ2) is 11.9. The highest BCUT2D eigenvalue weighted by Gasteiger charge is 2.22. The topological polar surface area (TPSA) is 97.3 Å². The van der Waals surface area contributed by atoms with Gasteiger partial charge in [0, 0.05) is 36.7 Å². The zero-order chi connectivity index (χ0) is 25.3. The lowest BCUT2D eigenvalue weighted by Gasteiger charge is -2.33. The molecule has 3 amide bonds. The number of rotatable bonds is 7. The average Bonchev–Trinajstić information content (AvgIpc) is 2.90. The normalized spacial score (nSPS) is 13.5. The molecule has 0 spiro atoms. The van der Waals surface area contributed by atoms with Gasteiger partial charge >= 0.3 is 6.03 Å². The minimum Gasteiger partial charge on any atom is -0.371 e. The van der Waals surface area contributed by atoms with Crippen molar-refractivity contribution in [2.24, 2.45) is 5.92 Å². The van der Waals surface area contributed by atoms with E-state index in [-0.39, 0.29) is 5.91 Å². The van der Waals surface area contributed by atoms with E-state index in [2.05, 4.69) is 33.8 Å². The molecule has 0 aromatic heterocycles. The number of nitrogens with zero attached hydrogens (tertiary/aromatic N) is 2. The van der Waals surface area contributed by atoms with Gasteiger partial charge in [-0.25, -0.2) is 4.79 Å². The van der Waals surface area contributed by atoms with E-state index in [9.17, 15) is 9.59 Å². The van der Waals surface area contributed by atoms with E-state index < -0.39 is 6.03 Å². The van der Waals surface area contributed by atoms with Crippen LogP contribution in [0.2, 0.25) is 0 Å². The quantitative estimate of drug-likeness (QED) is 0.420. The van der Waals surface area contributed by atoms with Gasteiger partial charge in [-0.15, -0.1) is 0 Å². The van der Waals surface area contributed by atoms with Crippen LogP contribution < -0.4 is 20.9 Å². The van der Waals surface area contributed by atoms with Crippen molar-refractivity contribution in [2.75, 3.05) is 35.2 Å². The Hall–Kier alpha value is -4.31. The van der Waals surface area contributed by atoms with Crippen molar-refractivity contribution in [3.05, 3.63) is 89.5 Å². The summed E-state index contributed by atoms with van der Waals surface area (Å²) < 4.78 is 0. The van der Waals surface area contributed by atoms with Crippen LogP contribution in [-0.4, -0.2) is 31.6 Å². The summed E-state index contributed by atoms with van der Waals surface area (Å²) in [6.07, 6.45) is 2.91. The summed E-state index contributed by atoms with van der Waals surface area (Å²) in [5.74, 6) is 0.513. The predicted octanol–water partition coefficient (Wildman–Crippen LogP) is 5.41. The molecule has 1 aliphatic heterocycles. The maximum absolute atomic E-state index is 13.3. The van der Waals surface area contributed by atoms with Crippen LogP contribution in [0.25, 0.3) is 0 Å². The lowest BCUT2D eigenvalue weighted by Crippen LogP contribution is -2.35. The first-order valence-corrected chi connectivity index (χ1v) is 12.3. The van der Waals surface area contributed by atoms with Gasteiger partial charge < -0.3 is 20.9 Å². The molecule has 0 atom stereocenters. The molecule has 1 aliphatic rings. The van der Waals surface area contributed by atoms with Gasteiger partial charge in [0.2, 0.25) is 0 Å². The number of piperidine rings is 1. The van der Waals surface area contributed by atoms with Gasteiger partial charge in [-0.1, -0.05) is 43.3 Å². The zero-order valence-corrected chi connectivity index (χ0v) is 20.5. The van der Waals surface area contributed by atoms with Crippen LogP contribution in [-0.2, 0) is 6.42 Å². The molecular weight excluding hydrogens is 450 g/mol. The van der Waals surface area contributed by atoms with Crippen LogP contribution in [0.1, 0.15) is 41.3 Å². The van der Waals surface area contributed by atoms with Gasteiger partial charge in [-0.2, -0.15) is 5.26 Å². The fourth-order valence-corrected chi connectivity index (χ4v) is 4.34. The van der Waals surface area contributed by atoms with Crippen molar-refractivity contribution in [3.63, 3.8) is 0 Å². The molecule has 1 heterocycles. The monoisotopic (exact) mass is 481 g/mol. The molecule has 0 unspecified atom stereocenters. The Morgan fingerprint density at radius 2 is 1.67 bits per heavy atom. The Labute approximate surface area is 212 Å². The first-order chi connectivity index (χ1) is 17.5. The first kappa shape index (κ1) is 24.8. The summed E-state index contributed by atoms with van der Waals surface area (Å²) in [5.41, 5.74) is 4.09. The molecule has 0 aliphatic carbocycles. The number of benzene rings is 3. The molecule has 1 fully saturated rings. The predicted molar refractivity (Wildman–Crippen MR) is 143 cm³/mol. The number of nitriles is 1. The van der Waals surface area contributed by atoms with Crippen LogP contribution in [0.3, 0.4) is 0 Å². The van der Waals surface area contributed by atoms with Crippen LogP contribution in [0, 0.1) is 17.2 Å². The van der Waals surface area contributed by atoms with Gasteiger partial charge in [0.25, 0.3) is 5.91 Å². The zero-order valence-electron chi connectivity index (χ0n) is 20.5. The fourth-order valence-electron chi connectivity index (χ4n) is 4.34. The number of carbonyl (C=O) groups is 2. The molecule has 3 aromatic carbocycles. The van der Waals surface area contributed by atoms with E-state index in [1.165, 1.54) is 0 Å². The minimum atomic E-state index is -0.444. The number of hydrogen-bond donors (Lipinski definition) is 3. The number of anilines is 3. The Bertz CT molecular complexity index is 1240. The molecule has 0 bridgehead atoms. The summed E-state index contributed by atoms with van der Waals surface area (Å²) in [6, 6.07) is 23.8. The number of urea groups is 1. The molecule has 4 rings (SSSR count). The largest absolute Gasteiger partial charge is 0.371 e. The molecule has 0 saturated carbocycles. The molecule has 3 N–H and O–H groups in total. The van der Waals surface area contributed by atoms with Crippen molar-refractivity contribution in [1.29, 1.82) is 5.26 Å². The van der Waals surface area contributed by atoms with Crippen LogP contribution in [0.4, 0.5) is 21.9 Å². The second-order valence-electron chi connectivity index (χ2n) is 9.16. The number of carbonyl (C=O) groups excluding carboxylic acids is 2. The van der Waals surface area contributed by atoms with E-state index in [1.54, 1.807) is 30.3 Å². The van der Waals surface area contributed by atoms with Crippen LogP contribution in [0.5, 0.6) is 0 Å². The molecule has 7 heteroatoms. The third-order valence-electron chi connectivity index (χ3n) is 6.41. The Kier molecular flexibility index (Phi) is 8.20. The molecule has 36 heavy (non-hydrogen) atoms. The lowest BCUT2D eigenvalue weighted by molar-refractivity contribution is 0.0954. The SMILES string of the molecule is CC1CCN(c2ccc(NC(=O)Nc3cccc(C#N)c3)cc2C(=O)NCCc2ccccc2)CC1. The van der Waals surface area contributed by atoms with Crippen molar-refractivity contribution in [3.8, 4) is 6.07 Å². The minimum absolute atomic E-state index is 0.162. The number of hydrogen-bond acceptors (Lipinski definition) is 4. The Morgan fingerprint density at radius 1 is 0.944 bits per heavy atom. The molecule has 3 aromatic rings.